The number of phenols is 2. The Hall–Kier alpha value is -3.35. The van der Waals surface area contributed by atoms with Crippen LogP contribution in [0, 0.1) is 0 Å². The molecule has 1 heterocycles. The van der Waals surface area contributed by atoms with E-state index in [2.05, 4.69) is 0 Å². The number of benzene rings is 2. The molecule has 0 unspecified atom stereocenters. The van der Waals surface area contributed by atoms with Crippen LogP contribution in [0.5, 0.6) is 17.2 Å². The molecule has 0 radical (unpaired) electrons. The van der Waals surface area contributed by atoms with Crippen molar-refractivity contribution in [1.82, 2.24) is 0 Å². The van der Waals surface area contributed by atoms with Crippen LogP contribution in [0.25, 0.3) is 0 Å². The quantitative estimate of drug-likeness (QED) is 0.306. The minimum Gasteiger partial charge on any atom is -0.507 e. The standard InChI is InChI=1S/C27H28O11/c1-10-22(30)14(29)7-17(37-10)38-16-9-27(35,11(2)28)8-13-19(16)26(34)21-20(24(13)32)23(31)12-5-4-6-15(36-3)18(12)25(21)33/h4-6,10,14,16-17,22,29-30,32,34-35H,7-9H2,1-3H3/t10-,14+,16+,17-,22+,27-/m0/s1. The van der Waals surface area contributed by atoms with Gasteiger partial charge in [0.2, 0.25) is 5.78 Å². The molecule has 0 spiro atoms. The lowest BCUT2D eigenvalue weighted by molar-refractivity contribution is -0.265. The molecule has 1 fully saturated rings. The fraction of sp³-hybridized carbons (Fsp3) is 0.444. The van der Waals surface area contributed by atoms with Crippen molar-refractivity contribution in [2.45, 2.75) is 69.4 Å². The second kappa shape index (κ2) is 9.14. The highest BCUT2D eigenvalue weighted by Gasteiger charge is 2.49. The number of ether oxygens (including phenoxy) is 3. The third kappa shape index (κ3) is 3.81. The van der Waals surface area contributed by atoms with E-state index in [9.17, 15) is 39.9 Å². The van der Waals surface area contributed by atoms with Gasteiger partial charge >= 0.3 is 0 Å². The largest absolute Gasteiger partial charge is 0.507 e. The molecule has 0 saturated carbocycles. The number of aliphatic hydroxyl groups excluding tert-OH is 2. The van der Waals surface area contributed by atoms with E-state index in [1.807, 2.05) is 0 Å². The smallest absolute Gasteiger partial charge is 0.202 e. The number of hydrogen-bond donors (Lipinski definition) is 5. The van der Waals surface area contributed by atoms with Gasteiger partial charge in [0.05, 0.1) is 42.1 Å². The summed E-state index contributed by atoms with van der Waals surface area (Å²) in [4.78, 5) is 39.5. The molecular weight excluding hydrogens is 500 g/mol. The van der Waals surface area contributed by atoms with Crippen molar-refractivity contribution in [3.63, 3.8) is 0 Å². The number of carbonyl (C=O) groups is 3. The Kier molecular flexibility index (Phi) is 6.32. The van der Waals surface area contributed by atoms with Gasteiger partial charge in [-0.25, -0.2) is 0 Å². The van der Waals surface area contributed by atoms with Crippen LogP contribution >= 0.6 is 0 Å². The number of fused-ring (bicyclic) bond motifs is 3. The molecule has 1 aliphatic heterocycles. The number of Topliss-reactive ketones (excluding diaryl/α,β-unsaturated/α-hetero) is 1. The Labute approximate surface area is 217 Å². The van der Waals surface area contributed by atoms with Gasteiger partial charge in [-0.1, -0.05) is 12.1 Å². The zero-order valence-electron chi connectivity index (χ0n) is 20.9. The highest BCUT2D eigenvalue weighted by Crippen LogP contribution is 2.52. The number of aromatic hydroxyl groups is 2. The summed E-state index contributed by atoms with van der Waals surface area (Å²) in [6.45, 7) is 2.69. The first-order chi connectivity index (χ1) is 17.9. The van der Waals surface area contributed by atoms with Crippen LogP contribution in [0.1, 0.15) is 75.8 Å². The second-order valence-corrected chi connectivity index (χ2v) is 10.0. The van der Waals surface area contributed by atoms with Gasteiger partial charge in [0.1, 0.15) is 29.0 Å². The summed E-state index contributed by atoms with van der Waals surface area (Å²) in [5, 5.41) is 54.1. The van der Waals surface area contributed by atoms with E-state index < -0.39 is 82.7 Å². The lowest BCUT2D eigenvalue weighted by atomic mass is 9.72. The van der Waals surface area contributed by atoms with Crippen molar-refractivity contribution in [3.8, 4) is 17.2 Å². The molecule has 202 valence electrons. The first-order valence-corrected chi connectivity index (χ1v) is 12.2. The summed E-state index contributed by atoms with van der Waals surface area (Å²) < 4.78 is 16.9. The monoisotopic (exact) mass is 528 g/mol. The van der Waals surface area contributed by atoms with Gasteiger partial charge < -0.3 is 39.7 Å². The Morgan fingerprint density at radius 1 is 1.08 bits per heavy atom. The molecule has 11 heteroatoms. The molecule has 0 aromatic heterocycles. The van der Waals surface area contributed by atoms with E-state index in [4.69, 9.17) is 14.2 Å². The number of rotatable bonds is 4. The number of hydrogen-bond acceptors (Lipinski definition) is 11. The Morgan fingerprint density at radius 3 is 2.39 bits per heavy atom. The molecule has 5 N–H and O–H groups in total. The summed E-state index contributed by atoms with van der Waals surface area (Å²) in [5.41, 5.74) is -3.22. The van der Waals surface area contributed by atoms with Crippen molar-refractivity contribution in [2.24, 2.45) is 0 Å². The topological polar surface area (TPSA) is 180 Å². The normalized spacial score (nSPS) is 30.3. The average molecular weight is 529 g/mol. The SMILES string of the molecule is COc1cccc2c1C(=O)c1c(O)c3c(c(O)c1C2=O)C[C@@](O)(C(C)=O)C[C@H]3O[C@H]1C[C@@H](O)[C@H](O)[C@H](C)O1. The van der Waals surface area contributed by atoms with Crippen LogP contribution < -0.4 is 4.74 Å². The number of methoxy groups -OCH3 is 1. The third-order valence-corrected chi connectivity index (χ3v) is 7.72. The summed E-state index contributed by atoms with van der Waals surface area (Å²) in [6.07, 6.45) is -6.53. The predicted octanol–water partition coefficient (Wildman–Crippen LogP) is 1.06. The van der Waals surface area contributed by atoms with Crippen LogP contribution in [-0.4, -0.2) is 80.2 Å². The van der Waals surface area contributed by atoms with Crippen LogP contribution in [0.15, 0.2) is 18.2 Å². The van der Waals surface area contributed by atoms with Crippen molar-refractivity contribution in [1.29, 1.82) is 0 Å². The van der Waals surface area contributed by atoms with E-state index in [1.165, 1.54) is 32.2 Å². The number of carbonyl (C=O) groups excluding carboxylic acids is 3. The van der Waals surface area contributed by atoms with Crippen LogP contribution in [0.2, 0.25) is 0 Å². The highest BCUT2D eigenvalue weighted by atomic mass is 16.7. The zero-order valence-corrected chi connectivity index (χ0v) is 20.9. The van der Waals surface area contributed by atoms with Crippen LogP contribution in [0.3, 0.4) is 0 Å². The third-order valence-electron chi connectivity index (χ3n) is 7.72. The molecular formula is C27H28O11. The minimum atomic E-state index is -2.03. The van der Waals surface area contributed by atoms with Gasteiger partial charge in [-0.3, -0.25) is 14.4 Å². The molecule has 5 rings (SSSR count). The second-order valence-electron chi connectivity index (χ2n) is 10.0. The van der Waals surface area contributed by atoms with Gasteiger partial charge in [-0.05, 0) is 19.9 Å². The van der Waals surface area contributed by atoms with Gasteiger partial charge in [0.25, 0.3) is 0 Å². The fourth-order valence-corrected chi connectivity index (χ4v) is 5.60. The maximum Gasteiger partial charge on any atom is 0.202 e. The van der Waals surface area contributed by atoms with E-state index >= 15 is 0 Å². The molecule has 2 aliphatic carbocycles. The Morgan fingerprint density at radius 2 is 1.76 bits per heavy atom. The fourth-order valence-electron chi connectivity index (χ4n) is 5.60. The van der Waals surface area contributed by atoms with Crippen molar-refractivity contribution in [3.05, 3.63) is 51.6 Å². The molecule has 1 saturated heterocycles. The molecule has 6 atom stereocenters. The van der Waals surface area contributed by atoms with E-state index in [1.54, 1.807) is 0 Å². The lowest BCUT2D eigenvalue weighted by Crippen LogP contribution is -2.49. The molecule has 0 amide bonds. The van der Waals surface area contributed by atoms with E-state index in [-0.39, 0.29) is 40.8 Å². The zero-order chi connectivity index (χ0) is 27.7. The summed E-state index contributed by atoms with van der Waals surface area (Å²) >= 11 is 0. The maximum atomic E-state index is 13.6. The molecule has 0 bridgehead atoms. The molecule has 3 aliphatic rings. The maximum absolute atomic E-state index is 13.6. The molecule has 11 nitrogen and oxygen atoms in total. The van der Waals surface area contributed by atoms with E-state index in [0.29, 0.717) is 0 Å². The average Bonchev–Trinajstić information content (AvgIpc) is 2.87. The van der Waals surface area contributed by atoms with Crippen molar-refractivity contribution >= 4 is 17.3 Å². The number of aliphatic hydroxyl groups is 3. The predicted molar refractivity (Wildman–Crippen MR) is 128 cm³/mol. The van der Waals surface area contributed by atoms with Gasteiger partial charge in [0.15, 0.2) is 17.9 Å². The first kappa shape index (κ1) is 26.3. The summed E-state index contributed by atoms with van der Waals surface area (Å²) in [7, 11) is 1.33. The van der Waals surface area contributed by atoms with Crippen molar-refractivity contribution in [2.75, 3.05) is 7.11 Å². The molecule has 2 aromatic carbocycles. The number of ketones is 3. The van der Waals surface area contributed by atoms with Gasteiger partial charge in [-0.15, -0.1) is 0 Å². The number of phenolic OH excluding ortho intramolecular Hbond substituents is 2. The lowest BCUT2D eigenvalue weighted by Gasteiger charge is -2.41. The molecule has 38 heavy (non-hydrogen) atoms. The van der Waals surface area contributed by atoms with Crippen LogP contribution in [0.4, 0.5) is 0 Å². The van der Waals surface area contributed by atoms with Gasteiger partial charge in [0, 0.05) is 36.0 Å². The van der Waals surface area contributed by atoms with E-state index in [0.717, 1.165) is 6.92 Å². The van der Waals surface area contributed by atoms with Gasteiger partial charge in [-0.2, -0.15) is 0 Å². The first-order valence-electron chi connectivity index (χ1n) is 12.2. The minimum absolute atomic E-state index is 0.0286. The van der Waals surface area contributed by atoms with Crippen molar-refractivity contribution < 1.29 is 54.1 Å². The molecule has 2 aromatic rings. The highest BCUT2D eigenvalue weighted by molar-refractivity contribution is 6.31. The van der Waals surface area contributed by atoms with Crippen LogP contribution in [-0.2, 0) is 20.7 Å². The Bertz CT molecular complexity index is 1350. The summed E-state index contributed by atoms with van der Waals surface area (Å²) in [5.74, 6) is -3.31. The summed E-state index contributed by atoms with van der Waals surface area (Å²) in [6, 6.07) is 4.40. The Balaban J connectivity index is 1.68.